The first-order valence-corrected chi connectivity index (χ1v) is 8.04. The Kier molecular flexibility index (Phi) is 7.24. The van der Waals surface area contributed by atoms with Crippen molar-refractivity contribution in [1.29, 1.82) is 0 Å². The van der Waals surface area contributed by atoms with Gasteiger partial charge in [0.2, 0.25) is 0 Å². The second kappa shape index (κ2) is 8.68. The molecule has 0 heterocycles. The highest BCUT2D eigenvalue weighted by Crippen LogP contribution is 2.40. The van der Waals surface area contributed by atoms with Crippen LogP contribution in [0.4, 0.5) is 0 Å². The van der Waals surface area contributed by atoms with Crippen LogP contribution in [0.25, 0.3) is 0 Å². The van der Waals surface area contributed by atoms with Crippen LogP contribution in [0.1, 0.15) is 47.0 Å². The van der Waals surface area contributed by atoms with Gasteiger partial charge < -0.3 is 10.2 Å². The first-order valence-electron chi connectivity index (χ1n) is 8.04. The standard InChI is InChI=1S/C20H28O3/c1-15(7-5-8-16(2)13-19(22)23)10-11-18-17(14-21)9-6-12-20(18,3)4/h5,7-8,10-11,13,21H,6,9,12,14H2,1-4H3,(H,22,23)/b8-5+,11-10+,15-7-,16-13+. The van der Waals surface area contributed by atoms with Gasteiger partial charge in [-0.05, 0) is 55.2 Å². The molecule has 0 saturated carbocycles. The minimum Gasteiger partial charge on any atom is -0.478 e. The van der Waals surface area contributed by atoms with Gasteiger partial charge in [-0.3, -0.25) is 0 Å². The van der Waals surface area contributed by atoms with Crippen LogP contribution >= 0.6 is 0 Å². The third kappa shape index (κ3) is 6.41. The van der Waals surface area contributed by atoms with Crippen LogP contribution in [0.5, 0.6) is 0 Å². The van der Waals surface area contributed by atoms with Crippen LogP contribution in [-0.4, -0.2) is 22.8 Å². The quantitative estimate of drug-likeness (QED) is 0.557. The molecular weight excluding hydrogens is 288 g/mol. The van der Waals surface area contributed by atoms with Gasteiger partial charge in [0.25, 0.3) is 0 Å². The molecule has 3 heteroatoms. The summed E-state index contributed by atoms with van der Waals surface area (Å²) in [6.45, 7) is 8.34. The van der Waals surface area contributed by atoms with E-state index in [2.05, 4.69) is 26.0 Å². The fraction of sp³-hybridized carbons (Fsp3) is 0.450. The van der Waals surface area contributed by atoms with Crippen LogP contribution < -0.4 is 0 Å². The van der Waals surface area contributed by atoms with Crippen molar-refractivity contribution in [3.63, 3.8) is 0 Å². The van der Waals surface area contributed by atoms with Crippen LogP contribution in [0.3, 0.4) is 0 Å². The number of rotatable bonds is 6. The van der Waals surface area contributed by atoms with E-state index in [4.69, 9.17) is 5.11 Å². The van der Waals surface area contributed by atoms with Gasteiger partial charge in [0.1, 0.15) is 0 Å². The lowest BCUT2D eigenvalue weighted by molar-refractivity contribution is -0.131. The summed E-state index contributed by atoms with van der Waals surface area (Å²) in [5, 5.41) is 18.2. The molecule has 0 spiro atoms. The van der Waals surface area contributed by atoms with E-state index in [1.807, 2.05) is 19.1 Å². The summed E-state index contributed by atoms with van der Waals surface area (Å²) in [4.78, 5) is 10.5. The molecule has 0 fully saturated rings. The van der Waals surface area contributed by atoms with Crippen molar-refractivity contribution in [2.75, 3.05) is 6.61 Å². The van der Waals surface area contributed by atoms with Gasteiger partial charge >= 0.3 is 5.97 Å². The van der Waals surface area contributed by atoms with Crippen LogP contribution in [0.2, 0.25) is 0 Å². The van der Waals surface area contributed by atoms with Gasteiger partial charge in [-0.1, -0.05) is 49.8 Å². The largest absolute Gasteiger partial charge is 0.478 e. The first kappa shape index (κ1) is 19.2. The van der Waals surface area contributed by atoms with Crippen molar-refractivity contribution in [1.82, 2.24) is 0 Å². The van der Waals surface area contributed by atoms with Crippen molar-refractivity contribution in [3.05, 3.63) is 58.7 Å². The number of hydrogen-bond acceptors (Lipinski definition) is 2. The molecule has 2 N–H and O–H groups in total. The zero-order chi connectivity index (χ0) is 17.5. The maximum absolute atomic E-state index is 10.5. The number of aliphatic hydroxyl groups is 1. The zero-order valence-corrected chi connectivity index (χ0v) is 14.6. The third-order valence-electron chi connectivity index (χ3n) is 4.16. The predicted molar refractivity (Wildman–Crippen MR) is 95.2 cm³/mol. The van der Waals surface area contributed by atoms with Gasteiger partial charge in [0.05, 0.1) is 6.61 Å². The summed E-state index contributed by atoms with van der Waals surface area (Å²) >= 11 is 0. The first-order chi connectivity index (χ1) is 10.8. The van der Waals surface area contributed by atoms with Crippen LogP contribution in [0, 0.1) is 5.41 Å². The smallest absolute Gasteiger partial charge is 0.328 e. The summed E-state index contributed by atoms with van der Waals surface area (Å²) in [6, 6.07) is 0. The van der Waals surface area contributed by atoms with Crippen molar-refractivity contribution in [2.45, 2.75) is 47.0 Å². The molecule has 1 aliphatic carbocycles. The second-order valence-corrected chi connectivity index (χ2v) is 6.74. The van der Waals surface area contributed by atoms with Gasteiger partial charge in [-0.15, -0.1) is 0 Å². The topological polar surface area (TPSA) is 57.5 Å². The molecule has 0 aromatic heterocycles. The van der Waals surface area contributed by atoms with Crippen molar-refractivity contribution < 1.29 is 15.0 Å². The molecule has 0 saturated heterocycles. The Balaban J connectivity index is 2.86. The Morgan fingerprint density at radius 1 is 1.22 bits per heavy atom. The minimum atomic E-state index is -0.934. The second-order valence-electron chi connectivity index (χ2n) is 6.74. The van der Waals surface area contributed by atoms with Crippen molar-refractivity contribution in [2.24, 2.45) is 5.41 Å². The highest BCUT2D eigenvalue weighted by Gasteiger charge is 2.27. The number of carbonyl (C=O) groups is 1. The molecule has 1 aliphatic rings. The maximum Gasteiger partial charge on any atom is 0.328 e. The molecule has 0 atom stereocenters. The number of carboxylic acid groups (broad SMARTS) is 1. The number of carboxylic acids is 1. The minimum absolute atomic E-state index is 0.101. The van der Waals surface area contributed by atoms with E-state index in [0.29, 0.717) is 5.57 Å². The van der Waals surface area contributed by atoms with E-state index in [9.17, 15) is 9.90 Å². The van der Waals surface area contributed by atoms with Gasteiger partial charge in [0.15, 0.2) is 0 Å². The Bertz CT molecular complexity index is 584. The molecule has 0 aromatic carbocycles. The molecule has 0 amide bonds. The molecular formula is C20H28O3. The zero-order valence-electron chi connectivity index (χ0n) is 14.6. The molecule has 0 radical (unpaired) electrons. The molecule has 0 aromatic rings. The Morgan fingerprint density at radius 3 is 2.52 bits per heavy atom. The van der Waals surface area contributed by atoms with Crippen molar-refractivity contribution >= 4 is 5.97 Å². The lowest BCUT2D eigenvalue weighted by Gasteiger charge is -2.33. The highest BCUT2D eigenvalue weighted by molar-refractivity contribution is 5.81. The van der Waals surface area contributed by atoms with E-state index in [0.717, 1.165) is 30.4 Å². The predicted octanol–water partition coefficient (Wildman–Crippen LogP) is 4.58. The SMILES string of the molecule is CC(=C/C=C/C(C)=C/C(=O)O)/C=C/C1=C(CO)CCCC1(C)C. The van der Waals surface area contributed by atoms with E-state index in [1.165, 1.54) is 11.6 Å². The van der Waals surface area contributed by atoms with Gasteiger partial charge in [-0.25, -0.2) is 4.79 Å². The molecule has 0 bridgehead atoms. The van der Waals surface area contributed by atoms with Crippen LogP contribution in [0.15, 0.2) is 58.7 Å². The van der Waals surface area contributed by atoms with E-state index >= 15 is 0 Å². The summed E-state index contributed by atoms with van der Waals surface area (Å²) in [5.41, 5.74) is 4.26. The normalized spacial score (nSPS) is 19.9. The molecule has 0 unspecified atom stereocenters. The monoisotopic (exact) mass is 316 g/mol. The molecule has 126 valence electrons. The van der Waals surface area contributed by atoms with Gasteiger partial charge in [-0.2, -0.15) is 0 Å². The van der Waals surface area contributed by atoms with E-state index in [1.54, 1.807) is 13.0 Å². The number of aliphatic hydroxyl groups excluding tert-OH is 1. The van der Waals surface area contributed by atoms with Crippen LogP contribution in [-0.2, 0) is 4.79 Å². The van der Waals surface area contributed by atoms with Crippen molar-refractivity contribution in [3.8, 4) is 0 Å². The third-order valence-corrected chi connectivity index (χ3v) is 4.16. The molecule has 1 rings (SSSR count). The average molecular weight is 316 g/mol. The average Bonchev–Trinajstić information content (AvgIpc) is 2.44. The molecule has 0 aliphatic heterocycles. The molecule has 23 heavy (non-hydrogen) atoms. The fourth-order valence-electron chi connectivity index (χ4n) is 2.86. The number of aliphatic carboxylic acids is 1. The summed E-state index contributed by atoms with van der Waals surface area (Å²) < 4.78 is 0. The lowest BCUT2D eigenvalue weighted by Crippen LogP contribution is -2.21. The Morgan fingerprint density at radius 2 is 1.91 bits per heavy atom. The van der Waals surface area contributed by atoms with E-state index in [-0.39, 0.29) is 12.0 Å². The maximum atomic E-state index is 10.5. The fourth-order valence-corrected chi connectivity index (χ4v) is 2.86. The Labute approximate surface area is 139 Å². The Hall–Kier alpha value is -1.87. The number of allylic oxidation sites excluding steroid dienone is 8. The summed E-state index contributed by atoms with van der Waals surface area (Å²) in [5.74, 6) is -0.934. The van der Waals surface area contributed by atoms with Gasteiger partial charge in [0, 0.05) is 6.08 Å². The lowest BCUT2D eigenvalue weighted by atomic mass is 9.72. The van der Waals surface area contributed by atoms with E-state index < -0.39 is 5.97 Å². The summed E-state index contributed by atoms with van der Waals surface area (Å²) in [6.07, 6.45) is 14.2. The molecule has 3 nitrogen and oxygen atoms in total. The number of hydrogen-bond donors (Lipinski definition) is 2. The summed E-state index contributed by atoms with van der Waals surface area (Å²) in [7, 11) is 0. The highest BCUT2D eigenvalue weighted by atomic mass is 16.4.